The summed E-state index contributed by atoms with van der Waals surface area (Å²) in [7, 11) is 0. The van der Waals surface area contributed by atoms with Gasteiger partial charge in [-0.3, -0.25) is 5.32 Å². The molecule has 0 aliphatic carbocycles. The van der Waals surface area contributed by atoms with Crippen molar-refractivity contribution in [2.45, 2.75) is 13.1 Å². The van der Waals surface area contributed by atoms with Gasteiger partial charge >= 0.3 is 0 Å². The van der Waals surface area contributed by atoms with Crippen LogP contribution in [0.15, 0.2) is 22.1 Å². The van der Waals surface area contributed by atoms with Gasteiger partial charge < -0.3 is 11.5 Å². The van der Waals surface area contributed by atoms with E-state index in [1.807, 2.05) is 6.92 Å². The van der Waals surface area contributed by atoms with Crippen molar-refractivity contribution in [3.05, 3.63) is 12.2 Å². The summed E-state index contributed by atoms with van der Waals surface area (Å²) in [5.41, 5.74) is 11.6. The molecule has 60 valence electrons. The minimum absolute atomic E-state index is 0.283. The molecule has 0 saturated carbocycles. The Morgan fingerprint density at radius 1 is 1.45 bits per heavy atom. The first-order chi connectivity index (χ1) is 5.09. The predicted molar refractivity (Wildman–Crippen MR) is 45.0 cm³/mol. The molecule has 0 saturated heterocycles. The minimum atomic E-state index is -0.323. The van der Waals surface area contributed by atoms with Crippen molar-refractivity contribution in [2.75, 3.05) is 0 Å². The van der Waals surface area contributed by atoms with E-state index < -0.39 is 0 Å². The van der Waals surface area contributed by atoms with Crippen LogP contribution in [-0.2, 0) is 0 Å². The zero-order valence-electron chi connectivity index (χ0n) is 6.33. The molecule has 1 aliphatic rings. The number of guanidine groups is 2. The van der Waals surface area contributed by atoms with Crippen LogP contribution < -0.4 is 16.8 Å². The summed E-state index contributed by atoms with van der Waals surface area (Å²) in [6.07, 6.45) is -0.323. The van der Waals surface area contributed by atoms with Crippen molar-refractivity contribution >= 4 is 11.9 Å². The van der Waals surface area contributed by atoms with Crippen LogP contribution in [-0.4, -0.2) is 18.1 Å². The fraction of sp³-hybridized carbons (Fsp3) is 0.333. The molecule has 0 bridgehead atoms. The zero-order chi connectivity index (χ0) is 8.43. The number of nitrogens with two attached hydrogens (primary N) is 2. The van der Waals surface area contributed by atoms with Crippen LogP contribution in [0.2, 0.25) is 0 Å². The van der Waals surface area contributed by atoms with E-state index in [0.29, 0.717) is 0 Å². The minimum Gasteiger partial charge on any atom is -0.370 e. The maximum atomic E-state index is 5.39. The van der Waals surface area contributed by atoms with Gasteiger partial charge in [0.25, 0.3) is 0 Å². The van der Waals surface area contributed by atoms with Crippen LogP contribution in [0.1, 0.15) is 6.92 Å². The maximum absolute atomic E-state index is 5.39. The molecule has 0 spiro atoms. The van der Waals surface area contributed by atoms with Crippen LogP contribution in [0.3, 0.4) is 0 Å². The highest BCUT2D eigenvalue weighted by molar-refractivity contribution is 5.98. The van der Waals surface area contributed by atoms with Gasteiger partial charge in [0.05, 0.1) is 0 Å². The van der Waals surface area contributed by atoms with Gasteiger partial charge in [0.1, 0.15) is 0 Å². The second-order valence-corrected chi connectivity index (χ2v) is 2.37. The Morgan fingerprint density at radius 3 is 2.27 bits per heavy atom. The Balaban J connectivity index is 2.81. The summed E-state index contributed by atoms with van der Waals surface area (Å²) in [6.45, 7) is 5.52. The van der Waals surface area contributed by atoms with Gasteiger partial charge in [-0.1, -0.05) is 6.58 Å². The third-order valence-corrected chi connectivity index (χ3v) is 1.22. The highest BCUT2D eigenvalue weighted by Crippen LogP contribution is 2.06. The first-order valence-corrected chi connectivity index (χ1v) is 3.18. The lowest BCUT2D eigenvalue weighted by molar-refractivity contribution is 0.791. The molecule has 0 radical (unpaired) electrons. The fourth-order valence-corrected chi connectivity index (χ4v) is 0.709. The molecule has 5 heteroatoms. The third kappa shape index (κ3) is 1.70. The van der Waals surface area contributed by atoms with Gasteiger partial charge in [-0.05, 0) is 12.5 Å². The van der Waals surface area contributed by atoms with Gasteiger partial charge in [0.15, 0.2) is 18.1 Å². The average Bonchev–Trinajstić information content (AvgIpc) is 1.85. The molecule has 11 heavy (non-hydrogen) atoms. The molecule has 0 aromatic rings. The molecule has 0 unspecified atom stereocenters. The summed E-state index contributed by atoms with van der Waals surface area (Å²) in [5, 5.41) is 2.58. The van der Waals surface area contributed by atoms with Crippen LogP contribution in [0, 0.1) is 0 Å². The highest BCUT2D eigenvalue weighted by Gasteiger charge is 2.12. The van der Waals surface area contributed by atoms with E-state index in [-0.39, 0.29) is 18.1 Å². The molecular weight excluding hydrogens is 142 g/mol. The number of hydrogen-bond acceptors (Lipinski definition) is 5. The summed E-state index contributed by atoms with van der Waals surface area (Å²) in [6, 6.07) is 0. The van der Waals surface area contributed by atoms with Gasteiger partial charge in [-0.25, -0.2) is 9.98 Å². The quantitative estimate of drug-likeness (QED) is 0.427. The number of rotatable bonds is 1. The Morgan fingerprint density at radius 2 is 1.91 bits per heavy atom. The lowest BCUT2D eigenvalue weighted by atomic mass is 10.3. The monoisotopic (exact) mass is 153 g/mol. The summed E-state index contributed by atoms with van der Waals surface area (Å²) in [5.74, 6) is 0.566. The van der Waals surface area contributed by atoms with E-state index in [1.54, 1.807) is 0 Å². The van der Waals surface area contributed by atoms with Gasteiger partial charge in [-0.15, -0.1) is 0 Å². The highest BCUT2D eigenvalue weighted by atomic mass is 15.3. The first kappa shape index (κ1) is 7.59. The van der Waals surface area contributed by atoms with E-state index in [2.05, 4.69) is 21.9 Å². The Hall–Kier alpha value is -1.52. The Kier molecular flexibility index (Phi) is 1.80. The average molecular weight is 153 g/mol. The number of nitrogens with one attached hydrogen (secondary N) is 1. The molecule has 0 aromatic carbocycles. The van der Waals surface area contributed by atoms with Crippen LogP contribution >= 0.6 is 0 Å². The molecule has 5 nitrogen and oxygen atoms in total. The Labute approximate surface area is 64.9 Å². The molecule has 0 fully saturated rings. The predicted octanol–water partition coefficient (Wildman–Crippen LogP) is -0.879. The normalized spacial score (nSPS) is 18.3. The van der Waals surface area contributed by atoms with Crippen molar-refractivity contribution < 1.29 is 0 Å². The van der Waals surface area contributed by atoms with E-state index in [1.165, 1.54) is 0 Å². The van der Waals surface area contributed by atoms with E-state index in [9.17, 15) is 0 Å². The maximum Gasteiger partial charge on any atom is 0.197 e. The summed E-state index contributed by atoms with van der Waals surface area (Å²) < 4.78 is 0. The topological polar surface area (TPSA) is 88.8 Å². The molecule has 1 aliphatic heterocycles. The molecule has 1 heterocycles. The van der Waals surface area contributed by atoms with Crippen molar-refractivity contribution in [1.82, 2.24) is 5.32 Å². The smallest absolute Gasteiger partial charge is 0.197 e. The van der Waals surface area contributed by atoms with Gasteiger partial charge in [0, 0.05) is 0 Å². The number of hydrogen-bond donors (Lipinski definition) is 3. The lowest BCUT2D eigenvalue weighted by Gasteiger charge is -2.16. The van der Waals surface area contributed by atoms with Crippen LogP contribution in [0.5, 0.6) is 0 Å². The number of nitrogens with zero attached hydrogens (tertiary/aromatic N) is 2. The first-order valence-electron chi connectivity index (χ1n) is 3.18. The second-order valence-electron chi connectivity index (χ2n) is 2.37. The lowest BCUT2D eigenvalue weighted by Crippen LogP contribution is -2.45. The largest absolute Gasteiger partial charge is 0.370 e. The van der Waals surface area contributed by atoms with E-state index in [4.69, 9.17) is 11.5 Å². The second kappa shape index (κ2) is 2.61. The van der Waals surface area contributed by atoms with Crippen molar-refractivity contribution in [3.63, 3.8) is 0 Å². The summed E-state index contributed by atoms with van der Waals surface area (Å²) >= 11 is 0. The summed E-state index contributed by atoms with van der Waals surface area (Å²) in [4.78, 5) is 7.90. The van der Waals surface area contributed by atoms with Gasteiger partial charge in [0.2, 0.25) is 0 Å². The van der Waals surface area contributed by atoms with E-state index in [0.717, 1.165) is 5.57 Å². The molecule has 1 rings (SSSR count). The molecule has 0 amide bonds. The zero-order valence-corrected chi connectivity index (χ0v) is 6.33. The van der Waals surface area contributed by atoms with Crippen LogP contribution in [0.4, 0.5) is 0 Å². The third-order valence-electron chi connectivity index (χ3n) is 1.22. The molecule has 0 aromatic heterocycles. The van der Waals surface area contributed by atoms with Crippen molar-refractivity contribution in [3.8, 4) is 0 Å². The van der Waals surface area contributed by atoms with Crippen molar-refractivity contribution in [1.29, 1.82) is 0 Å². The Bertz CT molecular complexity index is 221. The SMILES string of the molecule is C=C(C)C1N=C(N)NC(N)=N1. The van der Waals surface area contributed by atoms with E-state index >= 15 is 0 Å². The fourth-order valence-electron chi connectivity index (χ4n) is 0.709. The molecular formula is C6H11N5. The molecule has 0 atom stereocenters. The van der Waals surface area contributed by atoms with Gasteiger partial charge in [-0.2, -0.15) is 0 Å². The van der Waals surface area contributed by atoms with Crippen molar-refractivity contribution in [2.24, 2.45) is 21.5 Å². The number of aliphatic imine (C=N–C) groups is 2. The standard InChI is InChI=1S/C6H11N5/c1-3(2)4-9-5(7)11-6(8)10-4/h4H,1H2,2H3,(H5,7,8,9,10,11). The molecule has 5 N–H and O–H groups in total. The van der Waals surface area contributed by atoms with Crippen LogP contribution in [0.25, 0.3) is 0 Å².